The van der Waals surface area contributed by atoms with E-state index in [1.165, 1.54) is 0 Å². The van der Waals surface area contributed by atoms with Gasteiger partial charge in [-0.1, -0.05) is 61.0 Å². The van der Waals surface area contributed by atoms with Crippen LogP contribution in [0.2, 0.25) is 0 Å². The van der Waals surface area contributed by atoms with E-state index < -0.39 is 11.6 Å². The summed E-state index contributed by atoms with van der Waals surface area (Å²) in [6.07, 6.45) is 1.28. The van der Waals surface area contributed by atoms with Crippen molar-refractivity contribution >= 4 is 34.2 Å². The van der Waals surface area contributed by atoms with Gasteiger partial charge in [-0.05, 0) is 63.6 Å². The number of anilines is 1. The highest BCUT2D eigenvalue weighted by Gasteiger charge is 2.32. The van der Waals surface area contributed by atoms with Gasteiger partial charge in [0.05, 0.1) is 5.69 Å². The minimum atomic E-state index is -0.571. The first kappa shape index (κ1) is 26.4. The second-order valence-corrected chi connectivity index (χ2v) is 10.9. The highest BCUT2D eigenvalue weighted by Crippen LogP contribution is 2.37. The van der Waals surface area contributed by atoms with Crippen LogP contribution in [0.15, 0.2) is 60.7 Å². The fraction of sp³-hybridized carbons (Fsp3) is 0.387. The number of benzene rings is 3. The van der Waals surface area contributed by atoms with Gasteiger partial charge in [0.25, 0.3) is 5.91 Å². The van der Waals surface area contributed by atoms with Gasteiger partial charge in [0.2, 0.25) is 11.8 Å². The van der Waals surface area contributed by atoms with Gasteiger partial charge in [-0.2, -0.15) is 0 Å². The topological polar surface area (TPSA) is 69.7 Å². The van der Waals surface area contributed by atoms with E-state index in [0.717, 1.165) is 27.6 Å². The van der Waals surface area contributed by atoms with Crippen molar-refractivity contribution in [2.75, 3.05) is 11.4 Å². The van der Waals surface area contributed by atoms with Gasteiger partial charge in [-0.25, -0.2) is 0 Å². The second-order valence-electron chi connectivity index (χ2n) is 10.9. The Morgan fingerprint density at radius 3 is 2.41 bits per heavy atom. The number of rotatable bonds is 9. The summed E-state index contributed by atoms with van der Waals surface area (Å²) in [4.78, 5) is 43.4. The van der Waals surface area contributed by atoms with Crippen molar-refractivity contribution in [3.8, 4) is 0 Å². The molecule has 1 aliphatic heterocycles. The van der Waals surface area contributed by atoms with Crippen LogP contribution in [0.25, 0.3) is 10.8 Å². The number of carbonyl (C=O) groups excluding carboxylic acids is 3. The summed E-state index contributed by atoms with van der Waals surface area (Å²) in [5, 5.41) is 5.07. The molecule has 1 heterocycles. The molecule has 0 fully saturated rings. The summed E-state index contributed by atoms with van der Waals surface area (Å²) >= 11 is 0. The first-order chi connectivity index (χ1) is 17.6. The molecule has 37 heavy (non-hydrogen) atoms. The molecule has 0 bridgehead atoms. The predicted octanol–water partition coefficient (Wildman–Crippen LogP) is 5.61. The summed E-state index contributed by atoms with van der Waals surface area (Å²) in [6.45, 7) is 10.6. The first-order valence-electron chi connectivity index (χ1n) is 13.1. The van der Waals surface area contributed by atoms with Gasteiger partial charge >= 0.3 is 0 Å². The van der Waals surface area contributed by atoms with Crippen molar-refractivity contribution in [2.45, 2.75) is 72.0 Å². The van der Waals surface area contributed by atoms with Gasteiger partial charge < -0.3 is 15.1 Å². The lowest BCUT2D eigenvalue weighted by Gasteiger charge is -2.33. The summed E-state index contributed by atoms with van der Waals surface area (Å²) in [6, 6.07) is 19.2. The molecule has 0 radical (unpaired) electrons. The van der Waals surface area contributed by atoms with Crippen LogP contribution in [0.3, 0.4) is 0 Å². The monoisotopic (exact) mass is 499 g/mol. The molecule has 194 valence electrons. The normalized spacial score (nSPS) is 13.6. The molecule has 0 saturated heterocycles. The summed E-state index contributed by atoms with van der Waals surface area (Å²) in [7, 11) is 0. The zero-order valence-electron chi connectivity index (χ0n) is 22.5. The standard InChI is InChI=1S/C31H37N3O3/c1-6-25(29(36)32-31(3,4)5)34(20-22-12-7-11-21(2)19-22)27(35)17-10-18-33-26-16-9-14-23-13-8-15-24(28(23)26)30(33)37/h7-9,11-16,19,25H,6,10,17-18,20H2,1-5H3,(H,32,36)/t25-/m1/s1. The Morgan fingerprint density at radius 2 is 1.73 bits per heavy atom. The van der Waals surface area contributed by atoms with Crippen LogP contribution >= 0.6 is 0 Å². The maximum absolute atomic E-state index is 13.6. The van der Waals surface area contributed by atoms with Crippen LogP contribution in [0.4, 0.5) is 5.69 Å². The smallest absolute Gasteiger partial charge is 0.258 e. The number of nitrogens with one attached hydrogen (secondary N) is 1. The molecule has 4 rings (SSSR count). The quantitative estimate of drug-likeness (QED) is 0.416. The molecule has 0 aromatic heterocycles. The van der Waals surface area contributed by atoms with E-state index in [1.54, 1.807) is 9.80 Å². The largest absolute Gasteiger partial charge is 0.350 e. The lowest BCUT2D eigenvalue weighted by molar-refractivity contribution is -0.142. The molecule has 0 unspecified atom stereocenters. The van der Waals surface area contributed by atoms with Crippen LogP contribution in [0.1, 0.15) is 68.4 Å². The third kappa shape index (κ3) is 5.85. The van der Waals surface area contributed by atoms with Gasteiger partial charge in [0.15, 0.2) is 0 Å². The second kappa shape index (κ2) is 10.8. The Morgan fingerprint density at radius 1 is 1.03 bits per heavy atom. The molecule has 1 atom stereocenters. The van der Waals surface area contributed by atoms with Crippen LogP contribution < -0.4 is 10.2 Å². The lowest BCUT2D eigenvalue weighted by atomic mass is 10.0. The zero-order chi connectivity index (χ0) is 26.7. The fourth-order valence-corrected chi connectivity index (χ4v) is 5.11. The summed E-state index contributed by atoms with van der Waals surface area (Å²) in [5.41, 5.74) is 3.32. The highest BCUT2D eigenvalue weighted by atomic mass is 16.2. The average molecular weight is 500 g/mol. The van der Waals surface area contributed by atoms with Crippen molar-refractivity contribution < 1.29 is 14.4 Å². The maximum atomic E-state index is 13.6. The van der Waals surface area contributed by atoms with Crippen molar-refractivity contribution in [1.82, 2.24) is 10.2 Å². The number of aryl methyl sites for hydroxylation is 1. The van der Waals surface area contributed by atoms with Gasteiger partial charge in [0.1, 0.15) is 6.04 Å². The molecular formula is C31H37N3O3. The van der Waals surface area contributed by atoms with Crippen molar-refractivity contribution in [1.29, 1.82) is 0 Å². The van der Waals surface area contributed by atoms with Crippen molar-refractivity contribution in [3.05, 3.63) is 77.4 Å². The van der Waals surface area contributed by atoms with E-state index in [2.05, 4.69) is 11.4 Å². The highest BCUT2D eigenvalue weighted by molar-refractivity contribution is 6.25. The van der Waals surface area contributed by atoms with E-state index >= 15 is 0 Å². The molecule has 0 spiro atoms. The van der Waals surface area contributed by atoms with E-state index in [4.69, 9.17) is 0 Å². The minimum Gasteiger partial charge on any atom is -0.350 e. The van der Waals surface area contributed by atoms with Crippen molar-refractivity contribution in [3.63, 3.8) is 0 Å². The number of nitrogens with zero attached hydrogens (tertiary/aromatic N) is 2. The fourth-order valence-electron chi connectivity index (χ4n) is 5.11. The molecule has 1 N–H and O–H groups in total. The summed E-state index contributed by atoms with van der Waals surface area (Å²) < 4.78 is 0. The molecule has 0 saturated carbocycles. The molecule has 6 heteroatoms. The van der Waals surface area contributed by atoms with Crippen molar-refractivity contribution in [2.24, 2.45) is 0 Å². The van der Waals surface area contributed by atoms with E-state index in [-0.39, 0.29) is 24.1 Å². The summed E-state index contributed by atoms with van der Waals surface area (Å²) in [5.74, 6) is -0.250. The zero-order valence-corrected chi connectivity index (χ0v) is 22.5. The molecule has 6 nitrogen and oxygen atoms in total. The molecule has 1 aliphatic rings. The van der Waals surface area contributed by atoms with Crippen LogP contribution in [0, 0.1) is 6.92 Å². The molecule has 0 aliphatic carbocycles. The minimum absolute atomic E-state index is 0.0214. The van der Waals surface area contributed by atoms with Gasteiger partial charge in [-0.3, -0.25) is 14.4 Å². The molecule has 3 amide bonds. The SMILES string of the molecule is CC[C@H](C(=O)NC(C)(C)C)N(Cc1cccc(C)c1)C(=O)CCCN1C(=O)c2cccc3cccc1c23. The Kier molecular flexibility index (Phi) is 7.67. The first-order valence-corrected chi connectivity index (χ1v) is 13.1. The van der Waals surface area contributed by atoms with E-state index in [1.807, 2.05) is 89.2 Å². The van der Waals surface area contributed by atoms with E-state index in [9.17, 15) is 14.4 Å². The van der Waals surface area contributed by atoms with Crippen LogP contribution in [-0.2, 0) is 16.1 Å². The van der Waals surface area contributed by atoms with E-state index in [0.29, 0.717) is 31.5 Å². The molecule has 3 aromatic carbocycles. The third-order valence-electron chi connectivity index (χ3n) is 6.74. The molecule has 3 aromatic rings. The predicted molar refractivity (Wildman–Crippen MR) is 149 cm³/mol. The number of hydrogen-bond acceptors (Lipinski definition) is 3. The number of amides is 3. The molecular weight excluding hydrogens is 462 g/mol. The Hall–Kier alpha value is -3.67. The van der Waals surface area contributed by atoms with Crippen LogP contribution in [-0.4, -0.2) is 40.7 Å². The Bertz CT molecular complexity index is 1320. The van der Waals surface area contributed by atoms with Crippen LogP contribution in [0.5, 0.6) is 0 Å². The van der Waals surface area contributed by atoms with Gasteiger partial charge in [0, 0.05) is 36.0 Å². The Labute approximate surface area is 219 Å². The third-order valence-corrected chi connectivity index (χ3v) is 6.74. The maximum Gasteiger partial charge on any atom is 0.258 e. The lowest BCUT2D eigenvalue weighted by Crippen LogP contribution is -2.53. The number of carbonyl (C=O) groups is 3. The Balaban J connectivity index is 1.50. The van der Waals surface area contributed by atoms with Gasteiger partial charge in [-0.15, -0.1) is 0 Å². The average Bonchev–Trinajstić information content (AvgIpc) is 3.11. The number of hydrogen-bond donors (Lipinski definition) is 1.